The lowest BCUT2D eigenvalue weighted by Crippen LogP contribution is -2.55. The van der Waals surface area contributed by atoms with E-state index in [2.05, 4.69) is 33.0 Å². The highest BCUT2D eigenvalue weighted by Gasteiger charge is 2.30. The number of fused-ring (bicyclic) bond motifs is 1. The SMILES string of the molecule is COC(=O)c1c(-c2cc(Br)c(OC)c(OC)c2)c2cc(OC)c(OC)cc2c(=O)n1N1CCN(Cc2ccccc2)CC1. The molecule has 0 amide bonds. The van der Waals surface area contributed by atoms with E-state index < -0.39 is 5.97 Å². The van der Waals surface area contributed by atoms with E-state index in [0.717, 1.165) is 6.54 Å². The summed E-state index contributed by atoms with van der Waals surface area (Å²) in [6, 6.07) is 17.2. The molecule has 1 saturated heterocycles. The van der Waals surface area contributed by atoms with Crippen LogP contribution >= 0.6 is 15.9 Å². The van der Waals surface area contributed by atoms with Crippen LogP contribution in [0.1, 0.15) is 16.1 Å². The van der Waals surface area contributed by atoms with E-state index in [-0.39, 0.29) is 11.3 Å². The second-order valence-corrected chi connectivity index (χ2v) is 10.8. The third kappa shape index (κ3) is 5.74. The van der Waals surface area contributed by atoms with E-state index in [1.165, 1.54) is 38.7 Å². The predicted molar refractivity (Wildman–Crippen MR) is 169 cm³/mol. The van der Waals surface area contributed by atoms with Gasteiger partial charge in [0.15, 0.2) is 28.7 Å². The first-order valence-electron chi connectivity index (χ1n) is 13.7. The fourth-order valence-corrected chi connectivity index (χ4v) is 6.16. The van der Waals surface area contributed by atoms with E-state index in [9.17, 15) is 9.59 Å². The Morgan fingerprint density at radius 1 is 0.791 bits per heavy atom. The lowest BCUT2D eigenvalue weighted by molar-refractivity contribution is 0.0586. The molecular weight excluding hydrogens is 618 g/mol. The molecule has 4 aromatic rings. The number of ether oxygens (including phenoxy) is 5. The van der Waals surface area contributed by atoms with Crippen molar-refractivity contribution in [2.75, 3.05) is 66.7 Å². The van der Waals surface area contributed by atoms with E-state index in [4.69, 9.17) is 23.7 Å². The highest BCUT2D eigenvalue weighted by atomic mass is 79.9. The molecule has 43 heavy (non-hydrogen) atoms. The number of hydrogen-bond acceptors (Lipinski definition) is 9. The molecule has 0 N–H and O–H groups in total. The number of aromatic nitrogens is 1. The minimum Gasteiger partial charge on any atom is -0.493 e. The van der Waals surface area contributed by atoms with Gasteiger partial charge in [0.1, 0.15) is 0 Å². The van der Waals surface area contributed by atoms with Crippen LogP contribution in [0.3, 0.4) is 0 Å². The van der Waals surface area contributed by atoms with Gasteiger partial charge in [-0.2, -0.15) is 0 Å². The highest BCUT2D eigenvalue weighted by Crippen LogP contribution is 2.43. The van der Waals surface area contributed by atoms with Crippen LogP contribution in [-0.4, -0.2) is 77.3 Å². The van der Waals surface area contributed by atoms with Crippen LogP contribution in [0, 0.1) is 0 Å². The number of methoxy groups -OCH3 is 5. The van der Waals surface area contributed by atoms with Crippen molar-refractivity contribution in [1.82, 2.24) is 9.58 Å². The Morgan fingerprint density at radius 3 is 2.00 bits per heavy atom. The molecule has 1 fully saturated rings. The van der Waals surface area contributed by atoms with Gasteiger partial charge in [0.2, 0.25) is 0 Å². The number of hydrogen-bond donors (Lipinski definition) is 0. The normalized spacial score (nSPS) is 13.6. The summed E-state index contributed by atoms with van der Waals surface area (Å²) < 4.78 is 29.7. The van der Waals surface area contributed by atoms with Crippen molar-refractivity contribution in [1.29, 1.82) is 0 Å². The first-order valence-corrected chi connectivity index (χ1v) is 14.5. The van der Waals surface area contributed by atoms with Crippen LogP contribution in [-0.2, 0) is 11.3 Å². The van der Waals surface area contributed by atoms with E-state index in [1.54, 1.807) is 25.3 Å². The van der Waals surface area contributed by atoms with Crippen molar-refractivity contribution in [3.63, 3.8) is 0 Å². The van der Waals surface area contributed by atoms with Gasteiger partial charge in [0.25, 0.3) is 5.56 Å². The van der Waals surface area contributed by atoms with Crippen LogP contribution in [0.25, 0.3) is 21.9 Å². The molecule has 0 atom stereocenters. The summed E-state index contributed by atoms with van der Waals surface area (Å²) in [6.45, 7) is 3.23. The zero-order valence-corrected chi connectivity index (χ0v) is 26.4. The third-order valence-corrected chi connectivity index (χ3v) is 8.23. The number of nitrogens with zero attached hydrogens (tertiary/aromatic N) is 3. The summed E-state index contributed by atoms with van der Waals surface area (Å²) in [5.74, 6) is 1.11. The molecule has 0 radical (unpaired) electrons. The van der Waals surface area contributed by atoms with Gasteiger partial charge in [0, 0.05) is 43.7 Å². The Bertz CT molecular complexity index is 1700. The summed E-state index contributed by atoms with van der Waals surface area (Å²) >= 11 is 3.58. The lowest BCUT2D eigenvalue weighted by atomic mass is 9.96. The van der Waals surface area contributed by atoms with Gasteiger partial charge in [-0.1, -0.05) is 30.3 Å². The highest BCUT2D eigenvalue weighted by molar-refractivity contribution is 9.10. The molecule has 1 aromatic heterocycles. The number of carbonyl (C=O) groups is 1. The monoisotopic (exact) mass is 651 g/mol. The second-order valence-electron chi connectivity index (χ2n) is 9.99. The molecule has 226 valence electrons. The summed E-state index contributed by atoms with van der Waals surface area (Å²) in [7, 11) is 7.43. The molecule has 0 unspecified atom stereocenters. The Hall–Kier alpha value is -4.22. The topological polar surface area (TPSA) is 91.7 Å². The van der Waals surface area contributed by atoms with E-state index >= 15 is 0 Å². The van der Waals surface area contributed by atoms with Crippen molar-refractivity contribution in [3.8, 4) is 34.1 Å². The molecule has 0 saturated carbocycles. The quantitative estimate of drug-likeness (QED) is 0.239. The number of benzene rings is 3. The second kappa shape index (κ2) is 13.0. The minimum absolute atomic E-state index is 0.0999. The van der Waals surface area contributed by atoms with Crippen LogP contribution in [0.15, 0.2) is 63.9 Å². The summed E-state index contributed by atoms with van der Waals surface area (Å²) in [4.78, 5) is 30.3. The maximum absolute atomic E-state index is 14.3. The number of esters is 1. The van der Waals surface area contributed by atoms with E-state index in [1.807, 2.05) is 29.3 Å². The Kier molecular flexibility index (Phi) is 9.12. The predicted octanol–water partition coefficient (Wildman–Crippen LogP) is 4.71. The molecular formula is C32H34BrN3O7. The van der Waals surface area contributed by atoms with Crippen LogP contribution in [0.4, 0.5) is 0 Å². The molecule has 0 bridgehead atoms. The summed E-state index contributed by atoms with van der Waals surface area (Å²) in [5.41, 5.74) is 2.05. The molecule has 11 heteroatoms. The van der Waals surface area contributed by atoms with Gasteiger partial charge < -0.3 is 28.7 Å². The number of pyridine rings is 1. The molecule has 10 nitrogen and oxygen atoms in total. The smallest absolute Gasteiger partial charge is 0.357 e. The van der Waals surface area contributed by atoms with Crippen molar-refractivity contribution < 1.29 is 28.5 Å². The molecule has 3 aromatic carbocycles. The van der Waals surface area contributed by atoms with Crippen molar-refractivity contribution in [3.05, 3.63) is 80.7 Å². The third-order valence-electron chi connectivity index (χ3n) is 7.65. The molecule has 5 rings (SSSR count). The van der Waals surface area contributed by atoms with E-state index in [0.29, 0.717) is 75.5 Å². The van der Waals surface area contributed by atoms with Gasteiger partial charge in [0.05, 0.1) is 45.4 Å². The summed E-state index contributed by atoms with van der Waals surface area (Å²) in [6.07, 6.45) is 0. The van der Waals surface area contributed by atoms with Gasteiger partial charge in [-0.3, -0.25) is 9.69 Å². The summed E-state index contributed by atoms with van der Waals surface area (Å²) in [5, 5.41) is 2.77. The maximum atomic E-state index is 14.3. The van der Waals surface area contributed by atoms with Gasteiger partial charge in [-0.15, -0.1) is 0 Å². The van der Waals surface area contributed by atoms with Crippen molar-refractivity contribution in [2.24, 2.45) is 0 Å². The number of carbonyl (C=O) groups excluding carboxylic acids is 1. The Morgan fingerprint density at radius 2 is 1.42 bits per heavy atom. The standard InChI is InChI=1S/C32H34BrN3O7/c1-39-25-17-22-23(18-26(25)40-2)31(37)36(35-13-11-34(12-14-35)19-20-9-7-6-8-10-20)29(32(38)43-5)28(22)21-15-24(33)30(42-4)27(16-21)41-3/h6-10,15-18H,11-14,19H2,1-5H3. The van der Waals surface area contributed by atoms with Gasteiger partial charge in [-0.25, -0.2) is 9.47 Å². The Labute approximate surface area is 258 Å². The van der Waals surface area contributed by atoms with Crippen molar-refractivity contribution >= 4 is 32.7 Å². The number of halogens is 1. The van der Waals surface area contributed by atoms with Crippen LogP contribution in [0.5, 0.6) is 23.0 Å². The zero-order valence-electron chi connectivity index (χ0n) is 24.8. The zero-order chi connectivity index (χ0) is 30.7. The van der Waals surface area contributed by atoms with Crippen molar-refractivity contribution in [2.45, 2.75) is 6.54 Å². The van der Waals surface area contributed by atoms with Gasteiger partial charge >= 0.3 is 5.97 Å². The number of piperazine rings is 1. The largest absolute Gasteiger partial charge is 0.493 e. The molecule has 0 aliphatic carbocycles. The maximum Gasteiger partial charge on any atom is 0.357 e. The first kappa shape index (κ1) is 30.2. The fraction of sp³-hybridized carbons (Fsp3) is 0.312. The fourth-order valence-electron chi connectivity index (χ4n) is 5.56. The molecule has 2 heterocycles. The average molecular weight is 653 g/mol. The Balaban J connectivity index is 1.74. The van der Waals surface area contributed by atoms with Crippen LogP contribution < -0.4 is 29.5 Å². The lowest BCUT2D eigenvalue weighted by Gasteiger charge is -2.38. The average Bonchev–Trinajstić information content (AvgIpc) is 3.04. The molecule has 1 aliphatic heterocycles. The molecule has 0 spiro atoms. The first-order chi connectivity index (χ1) is 20.8. The van der Waals surface area contributed by atoms with Crippen LogP contribution in [0.2, 0.25) is 0 Å². The minimum atomic E-state index is -0.651. The molecule has 1 aliphatic rings. The number of rotatable bonds is 9. The van der Waals surface area contributed by atoms with Gasteiger partial charge in [-0.05, 0) is 51.3 Å².